The van der Waals surface area contributed by atoms with Gasteiger partial charge in [-0.15, -0.1) is 0 Å². The summed E-state index contributed by atoms with van der Waals surface area (Å²) in [6.07, 6.45) is 7.28. The van der Waals surface area contributed by atoms with E-state index < -0.39 is 0 Å². The van der Waals surface area contributed by atoms with Crippen molar-refractivity contribution in [3.8, 4) is 0 Å². The van der Waals surface area contributed by atoms with Gasteiger partial charge in [0.15, 0.2) is 0 Å². The largest absolute Gasteiger partial charge is 0.309 e. The van der Waals surface area contributed by atoms with Crippen LogP contribution in [0.2, 0.25) is 0 Å². The van der Waals surface area contributed by atoms with Gasteiger partial charge in [0.1, 0.15) is 5.82 Å². The van der Waals surface area contributed by atoms with Gasteiger partial charge >= 0.3 is 0 Å². The molecule has 0 spiro atoms. The Bertz CT molecular complexity index is 332. The van der Waals surface area contributed by atoms with Gasteiger partial charge < -0.3 is 5.32 Å². The van der Waals surface area contributed by atoms with Crippen LogP contribution in [-0.2, 0) is 0 Å². The number of aromatic nitrogens is 2. The minimum Gasteiger partial charge on any atom is -0.309 e. The summed E-state index contributed by atoms with van der Waals surface area (Å²) in [6, 6.07) is 2.48. The molecule has 1 aliphatic carbocycles. The molecule has 0 radical (unpaired) electrons. The minimum atomic E-state index is 0.425. The molecular weight excluding hydrogens is 198 g/mol. The number of rotatable bonds is 4. The number of aryl methyl sites for hydroxylation is 1. The summed E-state index contributed by atoms with van der Waals surface area (Å²) < 4.78 is 0. The maximum Gasteiger partial charge on any atom is 0.125 e. The van der Waals surface area contributed by atoms with Gasteiger partial charge in [-0.1, -0.05) is 19.8 Å². The third-order valence-electron chi connectivity index (χ3n) is 3.41. The van der Waals surface area contributed by atoms with Crippen molar-refractivity contribution in [1.82, 2.24) is 15.3 Å². The maximum atomic E-state index is 4.56. The van der Waals surface area contributed by atoms with Crippen LogP contribution in [0, 0.1) is 12.8 Å². The topological polar surface area (TPSA) is 37.8 Å². The Hall–Kier alpha value is -0.960. The first kappa shape index (κ1) is 11.5. The van der Waals surface area contributed by atoms with Gasteiger partial charge in [0.05, 0.1) is 11.7 Å². The molecule has 0 bridgehead atoms. The standard InChI is InChI=1S/C13H21N3/c1-3-14-13(11-6-4-5-7-11)12-8-9-15-10(2)16-12/h8-9,11,13-14H,3-7H2,1-2H3. The summed E-state index contributed by atoms with van der Waals surface area (Å²) in [5, 5.41) is 3.58. The molecule has 0 amide bonds. The van der Waals surface area contributed by atoms with E-state index in [1.165, 1.54) is 31.4 Å². The fourth-order valence-electron chi connectivity index (χ4n) is 2.67. The summed E-state index contributed by atoms with van der Waals surface area (Å²) in [7, 11) is 0. The van der Waals surface area contributed by atoms with Crippen molar-refractivity contribution in [2.45, 2.75) is 45.6 Å². The van der Waals surface area contributed by atoms with Crippen LogP contribution in [0.25, 0.3) is 0 Å². The van der Waals surface area contributed by atoms with E-state index in [2.05, 4.69) is 28.3 Å². The van der Waals surface area contributed by atoms with E-state index in [1.807, 2.05) is 13.1 Å². The lowest BCUT2D eigenvalue weighted by Crippen LogP contribution is -2.28. The second-order valence-corrected chi connectivity index (χ2v) is 4.61. The smallest absolute Gasteiger partial charge is 0.125 e. The van der Waals surface area contributed by atoms with E-state index >= 15 is 0 Å². The predicted molar refractivity (Wildman–Crippen MR) is 65.1 cm³/mol. The summed E-state index contributed by atoms with van der Waals surface area (Å²) in [5.41, 5.74) is 1.17. The predicted octanol–water partition coefficient (Wildman–Crippen LogP) is 2.63. The van der Waals surface area contributed by atoms with Crippen molar-refractivity contribution in [3.63, 3.8) is 0 Å². The van der Waals surface area contributed by atoms with Gasteiger partial charge in [0, 0.05) is 6.20 Å². The molecule has 1 atom stereocenters. The first-order valence-electron chi connectivity index (χ1n) is 6.34. The molecule has 2 rings (SSSR count). The zero-order valence-electron chi connectivity index (χ0n) is 10.2. The highest BCUT2D eigenvalue weighted by molar-refractivity contribution is 5.09. The normalized spacial score (nSPS) is 18.9. The molecule has 1 heterocycles. The van der Waals surface area contributed by atoms with Gasteiger partial charge in [-0.05, 0) is 38.3 Å². The fraction of sp³-hybridized carbons (Fsp3) is 0.692. The third-order valence-corrected chi connectivity index (χ3v) is 3.41. The highest BCUT2D eigenvalue weighted by Crippen LogP contribution is 2.34. The van der Waals surface area contributed by atoms with Crippen molar-refractivity contribution < 1.29 is 0 Å². The number of hydrogen-bond donors (Lipinski definition) is 1. The molecule has 1 saturated carbocycles. The van der Waals surface area contributed by atoms with Crippen LogP contribution in [0.3, 0.4) is 0 Å². The lowest BCUT2D eigenvalue weighted by atomic mass is 9.95. The molecule has 1 aromatic rings. The van der Waals surface area contributed by atoms with E-state index in [-0.39, 0.29) is 0 Å². The minimum absolute atomic E-state index is 0.425. The van der Waals surface area contributed by atoms with Crippen LogP contribution >= 0.6 is 0 Å². The van der Waals surface area contributed by atoms with Crippen LogP contribution in [0.15, 0.2) is 12.3 Å². The Balaban J connectivity index is 2.17. The highest BCUT2D eigenvalue weighted by atomic mass is 15.0. The van der Waals surface area contributed by atoms with Crippen LogP contribution in [0.1, 0.15) is 50.2 Å². The molecule has 1 aromatic heterocycles. The Labute approximate surface area is 97.7 Å². The van der Waals surface area contributed by atoms with Crippen molar-refractivity contribution in [2.24, 2.45) is 5.92 Å². The van der Waals surface area contributed by atoms with E-state index in [0.29, 0.717) is 6.04 Å². The first-order chi connectivity index (χ1) is 7.81. The Kier molecular flexibility index (Phi) is 3.88. The summed E-state index contributed by atoms with van der Waals surface area (Å²) in [5.74, 6) is 1.63. The summed E-state index contributed by atoms with van der Waals surface area (Å²) in [6.45, 7) is 5.13. The zero-order valence-corrected chi connectivity index (χ0v) is 10.2. The molecule has 3 heteroatoms. The van der Waals surface area contributed by atoms with Crippen molar-refractivity contribution >= 4 is 0 Å². The average Bonchev–Trinajstić information content (AvgIpc) is 2.79. The fourth-order valence-corrected chi connectivity index (χ4v) is 2.67. The molecule has 1 unspecified atom stereocenters. The van der Waals surface area contributed by atoms with Gasteiger partial charge in [-0.25, -0.2) is 9.97 Å². The molecular formula is C13H21N3. The Morgan fingerprint density at radius 1 is 1.44 bits per heavy atom. The zero-order chi connectivity index (χ0) is 11.4. The number of hydrogen-bond acceptors (Lipinski definition) is 3. The molecule has 3 nitrogen and oxygen atoms in total. The van der Waals surface area contributed by atoms with E-state index in [4.69, 9.17) is 0 Å². The van der Waals surface area contributed by atoms with Crippen molar-refractivity contribution in [2.75, 3.05) is 6.54 Å². The molecule has 88 valence electrons. The maximum absolute atomic E-state index is 4.56. The number of nitrogens with one attached hydrogen (secondary N) is 1. The Morgan fingerprint density at radius 3 is 2.81 bits per heavy atom. The molecule has 1 aliphatic rings. The molecule has 0 aromatic carbocycles. The van der Waals surface area contributed by atoms with Crippen molar-refractivity contribution in [1.29, 1.82) is 0 Å². The highest BCUT2D eigenvalue weighted by Gasteiger charge is 2.26. The summed E-state index contributed by atoms with van der Waals surface area (Å²) in [4.78, 5) is 8.73. The molecule has 0 aliphatic heterocycles. The SMILES string of the molecule is CCNC(c1ccnc(C)n1)C1CCCC1. The molecule has 0 saturated heterocycles. The third kappa shape index (κ3) is 2.59. The van der Waals surface area contributed by atoms with Gasteiger partial charge in [0.2, 0.25) is 0 Å². The second kappa shape index (κ2) is 5.39. The monoisotopic (exact) mass is 219 g/mol. The molecule has 1 fully saturated rings. The van der Waals surface area contributed by atoms with E-state index in [0.717, 1.165) is 18.3 Å². The van der Waals surface area contributed by atoms with Crippen LogP contribution in [0.5, 0.6) is 0 Å². The second-order valence-electron chi connectivity index (χ2n) is 4.61. The first-order valence-corrected chi connectivity index (χ1v) is 6.34. The Morgan fingerprint density at radius 2 is 2.19 bits per heavy atom. The molecule has 16 heavy (non-hydrogen) atoms. The van der Waals surface area contributed by atoms with Crippen molar-refractivity contribution in [3.05, 3.63) is 23.8 Å². The lowest BCUT2D eigenvalue weighted by molar-refractivity contribution is 0.366. The quantitative estimate of drug-likeness (QED) is 0.846. The summed E-state index contributed by atoms with van der Waals surface area (Å²) >= 11 is 0. The van der Waals surface area contributed by atoms with Gasteiger partial charge in [-0.3, -0.25) is 0 Å². The number of nitrogens with zero attached hydrogens (tertiary/aromatic N) is 2. The van der Waals surface area contributed by atoms with Gasteiger partial charge in [-0.2, -0.15) is 0 Å². The van der Waals surface area contributed by atoms with Crippen LogP contribution < -0.4 is 5.32 Å². The van der Waals surface area contributed by atoms with E-state index in [9.17, 15) is 0 Å². The van der Waals surface area contributed by atoms with Gasteiger partial charge in [0.25, 0.3) is 0 Å². The van der Waals surface area contributed by atoms with E-state index in [1.54, 1.807) is 0 Å². The average molecular weight is 219 g/mol. The lowest BCUT2D eigenvalue weighted by Gasteiger charge is -2.23. The molecule has 1 N–H and O–H groups in total. The van der Waals surface area contributed by atoms with Crippen LogP contribution in [-0.4, -0.2) is 16.5 Å². The van der Waals surface area contributed by atoms with Crippen LogP contribution in [0.4, 0.5) is 0 Å².